The van der Waals surface area contributed by atoms with Crippen LogP contribution in [0.4, 0.5) is 4.39 Å². The topological polar surface area (TPSA) is 48.9 Å². The Hall–Kier alpha value is -1.66. The number of methoxy groups -OCH3 is 1. The number of hydrogen-bond acceptors (Lipinski definition) is 3. The normalized spacial score (nSPS) is 11.8. The molecule has 0 heterocycles. The molecule has 0 saturated heterocycles. The predicted octanol–water partition coefficient (Wildman–Crippen LogP) is 1.50. The van der Waals surface area contributed by atoms with Crippen LogP contribution in [-0.4, -0.2) is 64.3 Å². The molecule has 0 aromatic heterocycles. The first-order valence-electron chi connectivity index (χ1n) is 8.10. The van der Waals surface area contributed by atoms with Crippen LogP contribution in [0.25, 0.3) is 0 Å². The maximum Gasteiger partial charge on any atom is 0.191 e. The zero-order valence-corrected chi connectivity index (χ0v) is 14.4. The van der Waals surface area contributed by atoms with E-state index >= 15 is 0 Å². The highest BCUT2D eigenvalue weighted by molar-refractivity contribution is 5.79. The molecule has 0 amide bonds. The molecule has 1 aromatic rings. The Kier molecular flexibility index (Phi) is 9.99. The number of hydrogen-bond donors (Lipinski definition) is 2. The van der Waals surface area contributed by atoms with E-state index in [1.807, 2.05) is 26.1 Å². The van der Waals surface area contributed by atoms with E-state index in [1.165, 1.54) is 6.07 Å². The van der Waals surface area contributed by atoms with Crippen molar-refractivity contribution >= 4 is 5.96 Å². The van der Waals surface area contributed by atoms with Gasteiger partial charge in [0.25, 0.3) is 0 Å². The van der Waals surface area contributed by atoms with Gasteiger partial charge in [0.05, 0.1) is 13.2 Å². The van der Waals surface area contributed by atoms with Crippen molar-refractivity contribution in [1.29, 1.82) is 0 Å². The van der Waals surface area contributed by atoms with Crippen LogP contribution in [0.5, 0.6) is 0 Å². The standard InChI is InChI=1S/C17H29FN4O/c1-4-19-17(21-11-12-22(2)13-14-23-3)20-10-9-15-7-5-6-8-16(15)18/h5-8H,4,9-14H2,1-3H3,(H2,19,20,21). The van der Waals surface area contributed by atoms with E-state index in [4.69, 9.17) is 4.74 Å². The van der Waals surface area contributed by atoms with Gasteiger partial charge in [-0.3, -0.25) is 4.99 Å². The van der Waals surface area contributed by atoms with Crippen LogP contribution in [-0.2, 0) is 11.2 Å². The first kappa shape index (κ1) is 19.4. The zero-order chi connectivity index (χ0) is 16.9. The molecule has 6 heteroatoms. The maximum absolute atomic E-state index is 13.6. The van der Waals surface area contributed by atoms with Crippen LogP contribution in [0, 0.1) is 5.82 Å². The highest BCUT2D eigenvalue weighted by Gasteiger charge is 2.02. The van der Waals surface area contributed by atoms with Crippen molar-refractivity contribution in [1.82, 2.24) is 15.5 Å². The van der Waals surface area contributed by atoms with Gasteiger partial charge in [0.2, 0.25) is 0 Å². The number of rotatable bonds is 10. The molecule has 0 unspecified atom stereocenters. The lowest BCUT2D eigenvalue weighted by Crippen LogP contribution is -2.39. The van der Waals surface area contributed by atoms with Crippen LogP contribution in [0.15, 0.2) is 29.3 Å². The molecule has 23 heavy (non-hydrogen) atoms. The minimum atomic E-state index is -0.156. The third-order valence-corrected chi connectivity index (χ3v) is 3.42. The predicted molar refractivity (Wildman–Crippen MR) is 93.5 cm³/mol. The summed E-state index contributed by atoms with van der Waals surface area (Å²) in [6.07, 6.45) is 0.630. The summed E-state index contributed by atoms with van der Waals surface area (Å²) in [5, 5.41) is 6.44. The van der Waals surface area contributed by atoms with Gasteiger partial charge >= 0.3 is 0 Å². The number of ether oxygens (including phenoxy) is 1. The molecule has 1 aromatic carbocycles. The van der Waals surface area contributed by atoms with Crippen molar-refractivity contribution in [2.24, 2.45) is 4.99 Å². The number of nitrogens with zero attached hydrogens (tertiary/aromatic N) is 2. The summed E-state index contributed by atoms with van der Waals surface area (Å²) in [6.45, 7) is 6.66. The van der Waals surface area contributed by atoms with E-state index in [-0.39, 0.29) is 5.82 Å². The number of nitrogens with one attached hydrogen (secondary N) is 2. The second-order valence-corrected chi connectivity index (χ2v) is 5.32. The van der Waals surface area contributed by atoms with Crippen LogP contribution in [0.1, 0.15) is 12.5 Å². The average molecular weight is 324 g/mol. The smallest absolute Gasteiger partial charge is 0.191 e. The van der Waals surface area contributed by atoms with Gasteiger partial charge in [-0.1, -0.05) is 18.2 Å². The first-order valence-corrected chi connectivity index (χ1v) is 8.10. The van der Waals surface area contributed by atoms with Crippen molar-refractivity contribution in [3.63, 3.8) is 0 Å². The molecule has 1 rings (SSSR count). The molecule has 130 valence electrons. The molecule has 0 fully saturated rings. The highest BCUT2D eigenvalue weighted by Crippen LogP contribution is 2.05. The van der Waals surface area contributed by atoms with Gasteiger partial charge in [0.1, 0.15) is 5.82 Å². The Labute approximate surface area is 138 Å². The Bertz CT molecular complexity index is 468. The van der Waals surface area contributed by atoms with Crippen molar-refractivity contribution < 1.29 is 9.13 Å². The third kappa shape index (κ3) is 8.52. The summed E-state index contributed by atoms with van der Waals surface area (Å²) in [4.78, 5) is 6.71. The molecule has 0 saturated carbocycles. The summed E-state index contributed by atoms with van der Waals surface area (Å²) < 4.78 is 18.6. The Morgan fingerprint density at radius 2 is 2.04 bits per heavy atom. The molecule has 0 bridgehead atoms. The van der Waals surface area contributed by atoms with Crippen LogP contribution >= 0.6 is 0 Å². The fraction of sp³-hybridized carbons (Fsp3) is 0.588. The number of benzene rings is 1. The first-order chi connectivity index (χ1) is 11.2. The number of likely N-dealkylation sites (N-methyl/N-ethyl adjacent to an activating group) is 1. The van der Waals surface area contributed by atoms with Crippen molar-refractivity contribution in [3.05, 3.63) is 35.6 Å². The minimum absolute atomic E-state index is 0.156. The molecule has 0 radical (unpaired) electrons. The summed E-state index contributed by atoms with van der Waals surface area (Å²) in [5.41, 5.74) is 0.718. The molecule has 0 aliphatic heterocycles. The lowest BCUT2D eigenvalue weighted by atomic mass is 10.1. The van der Waals surface area contributed by atoms with E-state index in [9.17, 15) is 4.39 Å². The molecule has 0 aliphatic rings. The minimum Gasteiger partial charge on any atom is -0.383 e. The van der Waals surface area contributed by atoms with Gasteiger partial charge in [-0.05, 0) is 32.0 Å². The quantitative estimate of drug-likeness (QED) is 0.506. The molecular formula is C17H29FN4O. The highest BCUT2D eigenvalue weighted by atomic mass is 19.1. The van der Waals surface area contributed by atoms with Crippen LogP contribution in [0.2, 0.25) is 0 Å². The summed E-state index contributed by atoms with van der Waals surface area (Å²) in [6, 6.07) is 6.86. The van der Waals surface area contributed by atoms with Gasteiger partial charge in [-0.25, -0.2) is 4.39 Å². The lowest BCUT2D eigenvalue weighted by Gasteiger charge is -2.15. The molecule has 2 N–H and O–H groups in total. The Balaban J connectivity index is 2.36. The van der Waals surface area contributed by atoms with Gasteiger partial charge < -0.3 is 20.3 Å². The second-order valence-electron chi connectivity index (χ2n) is 5.32. The number of halogens is 1. The molecule has 5 nitrogen and oxygen atoms in total. The van der Waals surface area contributed by atoms with Gasteiger partial charge in [0.15, 0.2) is 5.96 Å². The molecule has 0 aliphatic carbocycles. The molecule has 0 atom stereocenters. The summed E-state index contributed by atoms with van der Waals surface area (Å²) in [7, 11) is 3.75. The van der Waals surface area contributed by atoms with E-state index < -0.39 is 0 Å². The van der Waals surface area contributed by atoms with E-state index in [1.54, 1.807) is 13.2 Å². The summed E-state index contributed by atoms with van der Waals surface area (Å²) in [5.74, 6) is 0.611. The van der Waals surface area contributed by atoms with Gasteiger partial charge in [-0.2, -0.15) is 0 Å². The van der Waals surface area contributed by atoms with Crippen LogP contribution in [0.3, 0.4) is 0 Å². The van der Waals surface area contributed by atoms with Gasteiger partial charge in [0, 0.05) is 33.3 Å². The molecular weight excluding hydrogens is 295 g/mol. The second kappa shape index (κ2) is 11.8. The van der Waals surface area contributed by atoms with E-state index in [2.05, 4.69) is 20.5 Å². The Morgan fingerprint density at radius 1 is 1.26 bits per heavy atom. The van der Waals surface area contributed by atoms with E-state index in [0.717, 1.165) is 37.8 Å². The average Bonchev–Trinajstić information content (AvgIpc) is 2.54. The van der Waals surface area contributed by atoms with E-state index in [0.29, 0.717) is 19.5 Å². The zero-order valence-electron chi connectivity index (χ0n) is 14.4. The van der Waals surface area contributed by atoms with Crippen LogP contribution < -0.4 is 10.6 Å². The van der Waals surface area contributed by atoms with Crippen molar-refractivity contribution in [2.45, 2.75) is 13.3 Å². The monoisotopic (exact) mass is 324 g/mol. The third-order valence-electron chi connectivity index (χ3n) is 3.42. The van der Waals surface area contributed by atoms with Gasteiger partial charge in [-0.15, -0.1) is 0 Å². The fourth-order valence-electron chi connectivity index (χ4n) is 2.05. The van der Waals surface area contributed by atoms with Crippen molar-refractivity contribution in [3.8, 4) is 0 Å². The summed E-state index contributed by atoms with van der Waals surface area (Å²) >= 11 is 0. The lowest BCUT2D eigenvalue weighted by molar-refractivity contribution is 0.163. The fourth-order valence-corrected chi connectivity index (χ4v) is 2.05. The Morgan fingerprint density at radius 3 is 2.74 bits per heavy atom. The maximum atomic E-state index is 13.6. The number of guanidine groups is 1. The largest absolute Gasteiger partial charge is 0.383 e. The number of aliphatic imine (C=N–C) groups is 1. The SMILES string of the molecule is CCNC(=NCCN(C)CCOC)NCCc1ccccc1F. The molecule has 0 spiro atoms. The van der Waals surface area contributed by atoms with Crippen molar-refractivity contribution in [2.75, 3.05) is 53.5 Å².